The zero-order valence-electron chi connectivity index (χ0n) is 10.2. The third-order valence-electron chi connectivity index (χ3n) is 2.99. The van der Waals surface area contributed by atoms with Gasteiger partial charge in [0.1, 0.15) is 10.8 Å². The van der Waals surface area contributed by atoms with E-state index in [0.717, 1.165) is 28.4 Å². The summed E-state index contributed by atoms with van der Waals surface area (Å²) in [7, 11) is 0. The van der Waals surface area contributed by atoms with E-state index in [1.807, 2.05) is 18.4 Å². The minimum Gasteiger partial charge on any atom is -0.308 e. The molecule has 2 aromatic rings. The van der Waals surface area contributed by atoms with Crippen molar-refractivity contribution in [3.63, 3.8) is 0 Å². The smallest absolute Gasteiger partial charge is 0.124 e. The molecule has 1 heterocycles. The van der Waals surface area contributed by atoms with Gasteiger partial charge in [0.25, 0.3) is 0 Å². The predicted octanol–water partition coefficient (Wildman–Crippen LogP) is 3.51. The number of nitrogens with one attached hydrogen (secondary N) is 1. The van der Waals surface area contributed by atoms with Crippen molar-refractivity contribution in [2.75, 3.05) is 0 Å². The molecule has 1 N–H and O–H groups in total. The Morgan fingerprint density at radius 3 is 2.94 bits per heavy atom. The topological polar surface area (TPSA) is 24.9 Å². The van der Waals surface area contributed by atoms with Gasteiger partial charge in [-0.25, -0.2) is 9.37 Å². The van der Waals surface area contributed by atoms with Gasteiger partial charge in [-0.3, -0.25) is 0 Å². The molecule has 1 saturated carbocycles. The second kappa shape index (κ2) is 4.78. The summed E-state index contributed by atoms with van der Waals surface area (Å²) in [6.45, 7) is 2.71. The third-order valence-corrected chi connectivity index (χ3v) is 3.93. The van der Waals surface area contributed by atoms with Crippen molar-refractivity contribution < 1.29 is 4.39 Å². The Kier molecular flexibility index (Phi) is 3.14. The first-order valence-electron chi connectivity index (χ1n) is 6.16. The number of rotatable bonds is 4. The van der Waals surface area contributed by atoms with E-state index < -0.39 is 0 Å². The Labute approximate surface area is 110 Å². The number of benzene rings is 1. The first kappa shape index (κ1) is 11.8. The van der Waals surface area contributed by atoms with Gasteiger partial charge in [-0.15, -0.1) is 11.3 Å². The fraction of sp³-hybridized carbons (Fsp3) is 0.357. The van der Waals surface area contributed by atoms with Crippen LogP contribution in [0.15, 0.2) is 23.6 Å². The molecule has 1 aliphatic carbocycles. The molecule has 0 bridgehead atoms. The fourth-order valence-corrected chi connectivity index (χ4v) is 2.72. The highest BCUT2D eigenvalue weighted by Crippen LogP contribution is 2.26. The standard InChI is InChI=1S/C14H15FN2S/c1-9-4-10(6-11(15)5-9)14-17-13(8-18-14)7-16-12-2-3-12/h4-6,8,12,16H,2-3,7H2,1H3. The maximum Gasteiger partial charge on any atom is 0.124 e. The summed E-state index contributed by atoms with van der Waals surface area (Å²) in [5.74, 6) is -0.196. The lowest BCUT2D eigenvalue weighted by Gasteiger charge is -2.00. The zero-order chi connectivity index (χ0) is 12.5. The van der Waals surface area contributed by atoms with Crippen molar-refractivity contribution in [2.45, 2.75) is 32.4 Å². The molecule has 0 atom stereocenters. The van der Waals surface area contributed by atoms with E-state index in [1.54, 1.807) is 17.4 Å². The van der Waals surface area contributed by atoms with E-state index >= 15 is 0 Å². The molecule has 1 fully saturated rings. The van der Waals surface area contributed by atoms with Gasteiger partial charge in [-0.05, 0) is 43.5 Å². The Morgan fingerprint density at radius 2 is 2.22 bits per heavy atom. The minimum absolute atomic E-state index is 0.196. The van der Waals surface area contributed by atoms with E-state index in [-0.39, 0.29) is 5.82 Å². The molecule has 1 aromatic carbocycles. The second-order valence-corrected chi connectivity index (χ2v) is 5.67. The maximum atomic E-state index is 13.3. The van der Waals surface area contributed by atoms with Crippen LogP contribution in [0.4, 0.5) is 4.39 Å². The fourth-order valence-electron chi connectivity index (χ4n) is 1.92. The van der Waals surface area contributed by atoms with Crippen molar-refractivity contribution >= 4 is 11.3 Å². The van der Waals surface area contributed by atoms with Crippen molar-refractivity contribution in [1.82, 2.24) is 10.3 Å². The Hall–Kier alpha value is -1.26. The lowest BCUT2D eigenvalue weighted by atomic mass is 10.1. The summed E-state index contributed by atoms with van der Waals surface area (Å²) in [5.41, 5.74) is 2.84. The van der Waals surface area contributed by atoms with Crippen LogP contribution in [-0.2, 0) is 6.54 Å². The Morgan fingerprint density at radius 1 is 1.39 bits per heavy atom. The van der Waals surface area contributed by atoms with Gasteiger partial charge in [-0.2, -0.15) is 0 Å². The molecule has 0 amide bonds. The van der Waals surface area contributed by atoms with Gasteiger partial charge < -0.3 is 5.32 Å². The monoisotopic (exact) mass is 262 g/mol. The lowest BCUT2D eigenvalue weighted by molar-refractivity contribution is 0.627. The number of nitrogens with zero attached hydrogens (tertiary/aromatic N) is 1. The molecule has 0 spiro atoms. The van der Waals surface area contributed by atoms with Gasteiger partial charge in [0.05, 0.1) is 5.69 Å². The van der Waals surface area contributed by atoms with Crippen molar-refractivity contribution in [3.05, 3.63) is 40.7 Å². The van der Waals surface area contributed by atoms with Gasteiger partial charge in [0.15, 0.2) is 0 Å². The second-order valence-electron chi connectivity index (χ2n) is 4.82. The van der Waals surface area contributed by atoms with Crippen molar-refractivity contribution in [3.8, 4) is 10.6 Å². The highest BCUT2D eigenvalue weighted by atomic mass is 32.1. The SMILES string of the molecule is Cc1cc(F)cc(-c2nc(CNC3CC3)cs2)c1. The largest absolute Gasteiger partial charge is 0.308 e. The number of thiazole rings is 1. The molecular weight excluding hydrogens is 247 g/mol. The lowest BCUT2D eigenvalue weighted by Crippen LogP contribution is -2.15. The highest BCUT2D eigenvalue weighted by molar-refractivity contribution is 7.13. The molecule has 4 heteroatoms. The summed E-state index contributed by atoms with van der Waals surface area (Å²) >= 11 is 1.57. The molecule has 1 aromatic heterocycles. The van der Waals surface area contributed by atoms with E-state index in [2.05, 4.69) is 10.3 Å². The average Bonchev–Trinajstić information content (AvgIpc) is 3.02. The van der Waals surface area contributed by atoms with E-state index in [1.165, 1.54) is 18.9 Å². The van der Waals surface area contributed by atoms with E-state index in [9.17, 15) is 4.39 Å². The molecule has 0 aliphatic heterocycles. The van der Waals surface area contributed by atoms with Gasteiger partial charge in [0, 0.05) is 23.5 Å². The molecule has 0 radical (unpaired) electrons. The predicted molar refractivity (Wildman–Crippen MR) is 72.1 cm³/mol. The van der Waals surface area contributed by atoms with Crippen LogP contribution in [0.2, 0.25) is 0 Å². The maximum absolute atomic E-state index is 13.3. The molecule has 18 heavy (non-hydrogen) atoms. The zero-order valence-corrected chi connectivity index (χ0v) is 11.1. The Balaban J connectivity index is 1.78. The van der Waals surface area contributed by atoms with E-state index in [4.69, 9.17) is 0 Å². The summed E-state index contributed by atoms with van der Waals surface area (Å²) in [6, 6.07) is 5.74. The van der Waals surface area contributed by atoms with Gasteiger partial charge in [-0.1, -0.05) is 0 Å². The first-order valence-corrected chi connectivity index (χ1v) is 7.04. The minimum atomic E-state index is -0.196. The van der Waals surface area contributed by atoms with E-state index in [0.29, 0.717) is 6.04 Å². The van der Waals surface area contributed by atoms with Crippen LogP contribution in [0, 0.1) is 12.7 Å². The van der Waals surface area contributed by atoms with Crippen molar-refractivity contribution in [2.24, 2.45) is 0 Å². The number of hydrogen-bond acceptors (Lipinski definition) is 3. The quantitative estimate of drug-likeness (QED) is 0.912. The Bertz CT molecular complexity index is 540. The molecule has 94 valence electrons. The molecular formula is C14H15FN2S. The summed E-state index contributed by atoms with van der Waals surface area (Å²) in [6.07, 6.45) is 2.56. The van der Waals surface area contributed by atoms with Crippen LogP contribution in [0.5, 0.6) is 0 Å². The number of halogens is 1. The van der Waals surface area contributed by atoms with Crippen molar-refractivity contribution in [1.29, 1.82) is 0 Å². The highest BCUT2D eigenvalue weighted by Gasteiger charge is 2.20. The number of aromatic nitrogens is 1. The van der Waals surface area contributed by atoms with Crippen LogP contribution >= 0.6 is 11.3 Å². The van der Waals surface area contributed by atoms with Crippen LogP contribution in [0.1, 0.15) is 24.1 Å². The first-order chi connectivity index (χ1) is 8.70. The summed E-state index contributed by atoms with van der Waals surface area (Å²) in [5, 5.41) is 6.37. The summed E-state index contributed by atoms with van der Waals surface area (Å²) < 4.78 is 13.3. The molecule has 0 saturated heterocycles. The van der Waals surface area contributed by atoms with Crippen LogP contribution < -0.4 is 5.32 Å². The molecule has 1 aliphatic rings. The molecule has 2 nitrogen and oxygen atoms in total. The molecule has 3 rings (SSSR count). The van der Waals surface area contributed by atoms with Gasteiger partial charge >= 0.3 is 0 Å². The van der Waals surface area contributed by atoms with Crippen LogP contribution in [0.25, 0.3) is 10.6 Å². The molecule has 0 unspecified atom stereocenters. The number of hydrogen-bond donors (Lipinski definition) is 1. The van der Waals surface area contributed by atoms with Crippen LogP contribution in [-0.4, -0.2) is 11.0 Å². The third kappa shape index (κ3) is 2.76. The van der Waals surface area contributed by atoms with Crippen LogP contribution in [0.3, 0.4) is 0 Å². The summed E-state index contributed by atoms with van der Waals surface area (Å²) in [4.78, 5) is 4.55. The average molecular weight is 262 g/mol. The normalized spacial score (nSPS) is 15.0. The van der Waals surface area contributed by atoms with Gasteiger partial charge in [0.2, 0.25) is 0 Å². The number of aryl methyl sites for hydroxylation is 1.